The highest BCUT2D eigenvalue weighted by Crippen LogP contribution is 2.42. The molecule has 27 nitrogen and oxygen atoms in total. The van der Waals surface area contributed by atoms with Crippen LogP contribution in [-0.2, 0) is 40.0 Å². The second kappa shape index (κ2) is 36.6. The average molecular weight is 1760 g/mol. The van der Waals surface area contributed by atoms with Crippen molar-refractivity contribution >= 4 is 195 Å². The smallest absolute Gasteiger partial charge is 0.319 e. The van der Waals surface area contributed by atoms with Crippen LogP contribution in [0.15, 0.2) is 244 Å². The molecule has 10 aromatic heterocycles. The van der Waals surface area contributed by atoms with E-state index in [1.54, 1.807) is 31.0 Å². The molecule has 5 aliphatic heterocycles. The molecule has 0 bridgehead atoms. The largest absolute Gasteiger partial charge is 0.428 e. The van der Waals surface area contributed by atoms with E-state index in [2.05, 4.69) is 167 Å². The maximum atomic E-state index is 12.7. The van der Waals surface area contributed by atoms with Crippen molar-refractivity contribution in [2.75, 3.05) is 17.2 Å². The van der Waals surface area contributed by atoms with Crippen molar-refractivity contribution in [3.63, 3.8) is 0 Å². The summed E-state index contributed by atoms with van der Waals surface area (Å²) in [6.45, 7) is 36.0. The topological polar surface area (TPSA) is 342 Å². The summed E-state index contributed by atoms with van der Waals surface area (Å²) in [6.07, 6.45) is 18.0. The summed E-state index contributed by atoms with van der Waals surface area (Å²) in [5, 5.41) is 35.4. The fourth-order valence-electron chi connectivity index (χ4n) is 18.2. The van der Waals surface area contributed by atoms with E-state index in [0.29, 0.717) is 50.8 Å². The van der Waals surface area contributed by atoms with E-state index in [9.17, 15) is 43.2 Å². The van der Waals surface area contributed by atoms with E-state index in [-0.39, 0.29) is 77.5 Å². The fourth-order valence-corrected chi connectivity index (χ4v) is 20.3. The number of amides is 8. The summed E-state index contributed by atoms with van der Waals surface area (Å²) in [5.41, 5.74) is 15.3. The van der Waals surface area contributed by atoms with Crippen LogP contribution in [0.1, 0.15) is 134 Å². The number of nitrogens with zero attached hydrogens (tertiary/aromatic N) is 10. The Morgan fingerprint density at radius 2 is 0.713 bits per heavy atom. The zero-order chi connectivity index (χ0) is 91.0. The van der Waals surface area contributed by atoms with Gasteiger partial charge in [-0.1, -0.05) is 95.0 Å². The lowest BCUT2D eigenvalue weighted by molar-refractivity contribution is -0.125. The molecule has 129 heavy (non-hydrogen) atoms. The van der Waals surface area contributed by atoms with Gasteiger partial charge in [-0.2, -0.15) is 0 Å². The monoisotopic (exact) mass is 1760 g/mol. The van der Waals surface area contributed by atoms with Crippen molar-refractivity contribution in [1.29, 1.82) is 0 Å². The Labute approximate surface area is 747 Å². The molecule has 5 atom stereocenters. The number of hydrogen-bond donors (Lipinski definition) is 9. The highest BCUT2D eigenvalue weighted by molar-refractivity contribution is 6.88. The third kappa shape index (κ3) is 18.0. The van der Waals surface area contributed by atoms with Gasteiger partial charge in [-0.25, -0.2) is 29.7 Å². The minimum atomic E-state index is -2.45. The van der Waals surface area contributed by atoms with Crippen molar-refractivity contribution in [2.45, 2.75) is 167 Å². The Hall–Kier alpha value is -14.3. The number of anilines is 2. The second-order valence-corrected chi connectivity index (χ2v) is 43.9. The van der Waals surface area contributed by atoms with Gasteiger partial charge in [0.25, 0.3) is 0 Å². The van der Waals surface area contributed by atoms with Gasteiger partial charge in [0.05, 0.1) is 35.7 Å². The first kappa shape index (κ1) is 88.1. The number of rotatable bonds is 14. The maximum Gasteiger partial charge on any atom is 0.319 e. The third-order valence-corrected chi connectivity index (χ3v) is 28.4. The summed E-state index contributed by atoms with van der Waals surface area (Å²) < 4.78 is 10.2. The van der Waals surface area contributed by atoms with Crippen molar-refractivity contribution in [3.05, 3.63) is 250 Å². The molecule has 15 aromatic rings. The Kier molecular flexibility index (Phi) is 25.0. The van der Waals surface area contributed by atoms with E-state index in [4.69, 9.17) is 0 Å². The van der Waals surface area contributed by atoms with Crippen LogP contribution in [-0.4, -0.2) is 123 Å². The standard InChI is InChI=1S/C22H23N3O2.C20H21N5O2.C20H23N3OSi.C19H18N4O2.C19H21N3O2Si/c1-3-16(26)9-7-15-8-11-19-18(13-15)17-5-4-12-23-21(17)25(19)20-10-6-14(2)24-22(20)27;1-3-21-20(27)24-13-7-9-16-15(11-13)14-5-4-10-22-18(14)25(16)17-8-6-12(2)23-19(17)26;1-13-7-10-17(20(24)22-13)23-18-12-14(25(2,3)4)8-9-15(18)16-6-5-11-21-19(16)23;1-11-5-7-17(19(25)21-11)23-16-8-6-13(22-12(2)24)10-15(16)14-4-3-9-20-18(14)23;1-12-6-9-16(19(23)21-12)22-17-11-13(25(2,3)24)7-8-14(17)15-5-4-10-20-18(15)22/h4-5,8,11-13,20H,2-3,6-7,9-10H2,1H3,(H,24,27);4-5,7,9-11,17H,2-3,6,8H2,1H3,(H,23,26)(H2,21,24,27);5-6,8-9,11-12,17H,1,7,10H2,2-4H3,(H,22,24);3-4,6,8-10,17H,1,5,7H2,2H3,(H,21,25)(H,22,24);4-5,7-8,10-11,16,24H,1,6,9H2,2-3H3,(H,21,23). The van der Waals surface area contributed by atoms with Crippen molar-refractivity contribution in [2.24, 2.45) is 0 Å². The highest BCUT2D eigenvalue weighted by atomic mass is 28.4. The summed E-state index contributed by atoms with van der Waals surface area (Å²) in [6, 6.07) is 48.3. The fraction of sp³-hybridized carbons (Fsp3) is 0.270. The van der Waals surface area contributed by atoms with Gasteiger partial charge in [-0.05, 0) is 223 Å². The zero-order valence-electron chi connectivity index (χ0n) is 73.8. The minimum Gasteiger partial charge on any atom is -0.428 e. The summed E-state index contributed by atoms with van der Waals surface area (Å²) in [7, 11) is -3.90. The molecule has 0 spiro atoms. The van der Waals surface area contributed by atoms with E-state index in [1.807, 2.05) is 154 Å². The Balaban J connectivity index is 0.000000118. The SMILES string of the molecule is C=C1CCC(n2c3cc([Si](C)(C)C)ccc3c3cccnc32)C(=O)N1.C=C1CCC(n2c3cc([Si](C)(C)O)ccc3c3cccnc32)C(=O)N1.C=C1CCC(n2c3ccc(CCC(=O)CC)cc3c3cccnc32)C(=O)N1.C=C1CCC(n2c3ccc(NC(=O)NCC)cc3c3cccnc32)C(=O)N1.C=C1CCC(n2c3ccc(NC(C)=O)cc3c3cccnc32)C(=O)N1. The molecular formula is C100H106N18O9Si2. The van der Waals surface area contributed by atoms with Crippen LogP contribution >= 0.6 is 0 Å². The van der Waals surface area contributed by atoms with Gasteiger partial charge in [0.2, 0.25) is 43.8 Å². The molecule has 8 amide bonds. The molecule has 0 radical (unpaired) electrons. The van der Waals surface area contributed by atoms with Gasteiger partial charge in [0.1, 0.15) is 64.2 Å². The maximum absolute atomic E-state index is 12.7. The van der Waals surface area contributed by atoms with E-state index in [0.717, 1.165) is 194 Å². The molecule has 5 aromatic carbocycles. The number of allylic oxidation sites excluding steroid dienone is 5. The zero-order valence-corrected chi connectivity index (χ0v) is 75.8. The quantitative estimate of drug-likeness (QED) is 0.0457. The van der Waals surface area contributed by atoms with Gasteiger partial charge in [0.15, 0.2) is 0 Å². The molecule has 20 rings (SSSR count). The molecule has 5 fully saturated rings. The van der Waals surface area contributed by atoms with Crippen molar-refractivity contribution in [3.8, 4) is 0 Å². The van der Waals surface area contributed by atoms with Crippen LogP contribution in [0.4, 0.5) is 16.2 Å². The molecule has 658 valence electrons. The van der Waals surface area contributed by atoms with Gasteiger partial charge >= 0.3 is 6.03 Å². The van der Waals surface area contributed by atoms with E-state index in [1.165, 1.54) is 17.5 Å². The molecule has 0 aliphatic carbocycles. The van der Waals surface area contributed by atoms with Crippen LogP contribution in [0.5, 0.6) is 0 Å². The lowest BCUT2D eigenvalue weighted by atomic mass is 10.0. The van der Waals surface area contributed by atoms with Gasteiger partial charge < -0.3 is 70.2 Å². The normalized spacial score (nSPS) is 17.9. The number of Topliss-reactive ketones (excluding diaryl/α,β-unsaturated/α-hetero) is 1. The van der Waals surface area contributed by atoms with Crippen LogP contribution in [0, 0.1) is 0 Å². The minimum absolute atomic E-state index is 0.0131. The molecule has 5 saturated heterocycles. The van der Waals surface area contributed by atoms with Crippen LogP contribution in [0.2, 0.25) is 32.7 Å². The molecule has 9 N–H and O–H groups in total. The van der Waals surface area contributed by atoms with Gasteiger partial charge in [-0.15, -0.1) is 0 Å². The molecule has 15 heterocycles. The number of piperidine rings is 5. The first-order valence-corrected chi connectivity index (χ1v) is 50.3. The Bertz CT molecular complexity index is 6990. The number of hydrogen-bond acceptors (Lipinski definition) is 14. The second-order valence-electron chi connectivity index (χ2n) is 35.1. The number of urea groups is 1. The number of ketones is 1. The number of carbonyl (C=O) groups is 8. The van der Waals surface area contributed by atoms with E-state index < -0.39 is 16.4 Å². The van der Waals surface area contributed by atoms with Crippen molar-refractivity contribution in [1.82, 2.24) is 79.7 Å². The first-order chi connectivity index (χ1) is 61.9. The Morgan fingerprint density at radius 1 is 0.395 bits per heavy atom. The molecule has 0 saturated carbocycles. The molecule has 29 heteroatoms. The summed E-state index contributed by atoms with van der Waals surface area (Å²) in [4.78, 5) is 131. The third-order valence-electron chi connectivity index (χ3n) is 24.6. The molecule has 5 aliphatic rings. The van der Waals surface area contributed by atoms with E-state index >= 15 is 0 Å². The highest BCUT2D eigenvalue weighted by Gasteiger charge is 2.36. The number of aromatic nitrogens is 10. The number of benzene rings is 5. The number of carbonyl (C=O) groups excluding carboxylic acids is 8. The first-order valence-electron chi connectivity index (χ1n) is 43.9. The summed E-state index contributed by atoms with van der Waals surface area (Å²) in [5.74, 6) is -0.0457. The number of fused-ring (bicyclic) bond motifs is 15. The van der Waals surface area contributed by atoms with Crippen molar-refractivity contribution < 1.29 is 43.2 Å². The lowest BCUT2D eigenvalue weighted by Gasteiger charge is -2.26. The van der Waals surface area contributed by atoms with Crippen LogP contribution in [0.25, 0.3) is 110 Å². The van der Waals surface area contributed by atoms with Crippen LogP contribution < -0.4 is 52.9 Å². The number of pyridine rings is 5. The average Bonchev–Trinajstić information content (AvgIpc) is 1.59. The Morgan fingerprint density at radius 3 is 1.04 bits per heavy atom. The predicted octanol–water partition coefficient (Wildman–Crippen LogP) is 16.7. The molecular weight excluding hydrogens is 1650 g/mol. The lowest BCUT2D eigenvalue weighted by Crippen LogP contribution is -2.41. The predicted molar refractivity (Wildman–Crippen MR) is 517 cm³/mol. The van der Waals surface area contributed by atoms with Crippen LogP contribution in [0.3, 0.4) is 0 Å². The van der Waals surface area contributed by atoms with Gasteiger partial charge in [-0.3, -0.25) is 33.6 Å². The molecule has 5 unspecified atom stereocenters. The summed E-state index contributed by atoms with van der Waals surface area (Å²) >= 11 is 0. The van der Waals surface area contributed by atoms with Gasteiger partial charge in [0, 0.05) is 151 Å². The number of aryl methyl sites for hydroxylation is 1. The number of nitrogens with one attached hydrogen (secondary N) is 8.